The standard InChI is InChI=1S/C17H23N3/c1-3-18-16(12-17-19-9-10-20(17)2)15-11-14(15)13-7-5-4-6-8-13/h4-10,14-16,18H,3,11-12H2,1-2H3. The summed E-state index contributed by atoms with van der Waals surface area (Å²) < 4.78 is 2.13. The number of likely N-dealkylation sites (N-methyl/N-ethyl adjacent to an activating group) is 1. The van der Waals surface area contributed by atoms with Gasteiger partial charge < -0.3 is 9.88 Å². The van der Waals surface area contributed by atoms with Gasteiger partial charge in [-0.2, -0.15) is 0 Å². The van der Waals surface area contributed by atoms with Gasteiger partial charge in [0.15, 0.2) is 0 Å². The third kappa shape index (κ3) is 2.78. The van der Waals surface area contributed by atoms with Crippen LogP contribution in [0.15, 0.2) is 42.7 Å². The van der Waals surface area contributed by atoms with Crippen LogP contribution in [0, 0.1) is 5.92 Å². The second kappa shape index (κ2) is 5.80. The van der Waals surface area contributed by atoms with Crippen LogP contribution in [0.5, 0.6) is 0 Å². The quantitative estimate of drug-likeness (QED) is 0.874. The molecule has 3 heteroatoms. The summed E-state index contributed by atoms with van der Waals surface area (Å²) in [5, 5.41) is 3.66. The molecule has 1 aliphatic rings. The summed E-state index contributed by atoms with van der Waals surface area (Å²) in [5.41, 5.74) is 1.49. The molecule has 1 N–H and O–H groups in total. The molecule has 1 heterocycles. The van der Waals surface area contributed by atoms with Gasteiger partial charge in [0, 0.05) is 31.9 Å². The van der Waals surface area contributed by atoms with Gasteiger partial charge in [-0.15, -0.1) is 0 Å². The molecule has 1 aromatic heterocycles. The van der Waals surface area contributed by atoms with Gasteiger partial charge in [-0.3, -0.25) is 0 Å². The number of nitrogens with one attached hydrogen (secondary N) is 1. The Bertz CT molecular complexity index is 546. The van der Waals surface area contributed by atoms with Crippen LogP contribution >= 0.6 is 0 Å². The van der Waals surface area contributed by atoms with Crippen molar-refractivity contribution in [3.05, 3.63) is 54.1 Å². The fourth-order valence-corrected chi connectivity index (χ4v) is 3.17. The van der Waals surface area contributed by atoms with E-state index in [0.717, 1.165) is 24.8 Å². The maximum absolute atomic E-state index is 4.47. The highest BCUT2D eigenvalue weighted by Crippen LogP contribution is 2.49. The molecule has 1 aromatic carbocycles. The van der Waals surface area contributed by atoms with E-state index in [1.807, 2.05) is 12.4 Å². The number of aryl methyl sites for hydroxylation is 1. The van der Waals surface area contributed by atoms with E-state index in [1.165, 1.54) is 17.8 Å². The van der Waals surface area contributed by atoms with Crippen molar-refractivity contribution in [3.63, 3.8) is 0 Å². The van der Waals surface area contributed by atoms with Crippen molar-refractivity contribution in [2.24, 2.45) is 13.0 Å². The molecule has 20 heavy (non-hydrogen) atoms. The molecule has 1 aliphatic carbocycles. The molecule has 1 saturated carbocycles. The van der Waals surface area contributed by atoms with Crippen LogP contribution in [0.4, 0.5) is 0 Å². The summed E-state index contributed by atoms with van der Waals surface area (Å²) in [4.78, 5) is 4.47. The summed E-state index contributed by atoms with van der Waals surface area (Å²) in [5.74, 6) is 2.64. The van der Waals surface area contributed by atoms with Crippen molar-refractivity contribution in [2.75, 3.05) is 6.54 Å². The Morgan fingerprint density at radius 3 is 2.80 bits per heavy atom. The first-order valence-electron chi connectivity index (χ1n) is 7.54. The molecule has 3 unspecified atom stereocenters. The van der Waals surface area contributed by atoms with Gasteiger partial charge in [-0.05, 0) is 30.4 Å². The van der Waals surface area contributed by atoms with Gasteiger partial charge in [-0.25, -0.2) is 4.98 Å². The van der Waals surface area contributed by atoms with Gasteiger partial charge in [0.25, 0.3) is 0 Å². The molecule has 0 bridgehead atoms. The third-order valence-corrected chi connectivity index (χ3v) is 4.37. The molecular formula is C17H23N3. The zero-order chi connectivity index (χ0) is 13.9. The van der Waals surface area contributed by atoms with Gasteiger partial charge in [0.2, 0.25) is 0 Å². The summed E-state index contributed by atoms with van der Waals surface area (Å²) in [6.07, 6.45) is 6.23. The predicted octanol–water partition coefficient (Wildman–Crippen LogP) is 2.74. The monoisotopic (exact) mass is 269 g/mol. The van der Waals surface area contributed by atoms with E-state index in [1.54, 1.807) is 0 Å². The lowest BCUT2D eigenvalue weighted by molar-refractivity contribution is 0.451. The highest BCUT2D eigenvalue weighted by molar-refractivity contribution is 5.27. The lowest BCUT2D eigenvalue weighted by atomic mass is 10.0. The van der Waals surface area contributed by atoms with Crippen molar-refractivity contribution in [1.29, 1.82) is 0 Å². The van der Waals surface area contributed by atoms with Crippen LogP contribution < -0.4 is 5.32 Å². The molecule has 3 atom stereocenters. The highest BCUT2D eigenvalue weighted by Gasteiger charge is 2.43. The Kier molecular flexibility index (Phi) is 3.88. The molecule has 2 aromatic rings. The first kappa shape index (κ1) is 13.4. The average Bonchev–Trinajstić information content (AvgIpc) is 3.18. The maximum atomic E-state index is 4.47. The van der Waals surface area contributed by atoms with Crippen LogP contribution in [-0.4, -0.2) is 22.1 Å². The van der Waals surface area contributed by atoms with Crippen LogP contribution in [0.25, 0.3) is 0 Å². The number of benzene rings is 1. The molecule has 3 rings (SSSR count). The minimum absolute atomic E-state index is 0.534. The molecule has 0 radical (unpaired) electrons. The molecule has 0 saturated heterocycles. The Labute approximate surface area is 121 Å². The molecule has 3 nitrogen and oxygen atoms in total. The second-order valence-corrected chi connectivity index (χ2v) is 5.74. The second-order valence-electron chi connectivity index (χ2n) is 5.74. The van der Waals surface area contributed by atoms with Crippen LogP contribution in [0.3, 0.4) is 0 Å². The Balaban J connectivity index is 1.68. The van der Waals surface area contributed by atoms with E-state index < -0.39 is 0 Å². The topological polar surface area (TPSA) is 29.9 Å². The van der Waals surface area contributed by atoms with Crippen molar-refractivity contribution in [1.82, 2.24) is 14.9 Å². The van der Waals surface area contributed by atoms with Gasteiger partial charge in [0.05, 0.1) is 0 Å². The fourth-order valence-electron chi connectivity index (χ4n) is 3.17. The summed E-state index contributed by atoms with van der Waals surface area (Å²) in [6, 6.07) is 11.4. The molecule has 106 valence electrons. The summed E-state index contributed by atoms with van der Waals surface area (Å²) in [7, 11) is 2.08. The SMILES string of the molecule is CCNC(Cc1nccn1C)C1CC1c1ccccc1. The van der Waals surface area contributed by atoms with Crippen LogP contribution in [0.2, 0.25) is 0 Å². The zero-order valence-electron chi connectivity index (χ0n) is 12.3. The molecule has 0 spiro atoms. The molecule has 0 amide bonds. The first-order valence-corrected chi connectivity index (χ1v) is 7.54. The van der Waals surface area contributed by atoms with Crippen molar-refractivity contribution in [3.8, 4) is 0 Å². The van der Waals surface area contributed by atoms with Gasteiger partial charge >= 0.3 is 0 Å². The van der Waals surface area contributed by atoms with Crippen LogP contribution in [0.1, 0.15) is 30.7 Å². The predicted molar refractivity (Wildman–Crippen MR) is 81.7 cm³/mol. The largest absolute Gasteiger partial charge is 0.338 e. The number of aromatic nitrogens is 2. The third-order valence-electron chi connectivity index (χ3n) is 4.37. The fraction of sp³-hybridized carbons (Fsp3) is 0.471. The van der Waals surface area contributed by atoms with E-state index in [2.05, 4.69) is 59.2 Å². The number of imidazole rings is 1. The Morgan fingerprint density at radius 2 is 2.15 bits per heavy atom. The van der Waals surface area contributed by atoms with E-state index in [4.69, 9.17) is 0 Å². The van der Waals surface area contributed by atoms with E-state index >= 15 is 0 Å². The highest BCUT2D eigenvalue weighted by atomic mass is 15.0. The lowest BCUT2D eigenvalue weighted by Crippen LogP contribution is -2.34. The van der Waals surface area contributed by atoms with Crippen molar-refractivity contribution < 1.29 is 0 Å². The zero-order valence-corrected chi connectivity index (χ0v) is 12.3. The van der Waals surface area contributed by atoms with E-state index in [9.17, 15) is 0 Å². The Morgan fingerprint density at radius 1 is 1.35 bits per heavy atom. The van der Waals surface area contributed by atoms with Gasteiger partial charge in [0.1, 0.15) is 5.82 Å². The normalized spacial score (nSPS) is 22.7. The molecule has 1 fully saturated rings. The number of nitrogens with zero attached hydrogens (tertiary/aromatic N) is 2. The van der Waals surface area contributed by atoms with Crippen molar-refractivity contribution >= 4 is 0 Å². The van der Waals surface area contributed by atoms with Crippen molar-refractivity contribution in [2.45, 2.75) is 31.7 Å². The van der Waals surface area contributed by atoms with Gasteiger partial charge in [-0.1, -0.05) is 37.3 Å². The van der Waals surface area contributed by atoms with E-state index in [0.29, 0.717) is 6.04 Å². The average molecular weight is 269 g/mol. The summed E-state index contributed by atoms with van der Waals surface area (Å²) >= 11 is 0. The van der Waals surface area contributed by atoms with Crippen LogP contribution in [-0.2, 0) is 13.5 Å². The minimum atomic E-state index is 0.534. The first-order chi connectivity index (χ1) is 9.79. The maximum Gasteiger partial charge on any atom is 0.109 e. The Hall–Kier alpha value is -1.61. The molecule has 0 aliphatic heterocycles. The molecular weight excluding hydrogens is 246 g/mol. The number of rotatable bonds is 6. The lowest BCUT2D eigenvalue weighted by Gasteiger charge is -2.18. The smallest absolute Gasteiger partial charge is 0.109 e. The summed E-state index contributed by atoms with van der Waals surface area (Å²) in [6.45, 7) is 3.21. The van der Waals surface area contributed by atoms with E-state index in [-0.39, 0.29) is 0 Å². The number of hydrogen-bond donors (Lipinski definition) is 1. The number of hydrogen-bond acceptors (Lipinski definition) is 2. The minimum Gasteiger partial charge on any atom is -0.338 e.